The Bertz CT molecular complexity index is 480. The summed E-state index contributed by atoms with van der Waals surface area (Å²) >= 11 is 0. The first-order chi connectivity index (χ1) is 9.10. The number of nitrogens with one attached hydrogen (secondary N) is 1. The van der Waals surface area contributed by atoms with Crippen molar-refractivity contribution in [3.05, 3.63) is 17.0 Å². The fraction of sp³-hybridized carbons (Fsp3) is 0.643. The number of hydrogen-bond acceptors (Lipinski definition) is 5. The Morgan fingerprint density at radius 3 is 2.40 bits per heavy atom. The van der Waals surface area contributed by atoms with E-state index >= 15 is 0 Å². The van der Waals surface area contributed by atoms with Crippen LogP contribution in [0.4, 0.5) is 0 Å². The van der Waals surface area contributed by atoms with Crippen molar-refractivity contribution in [1.29, 1.82) is 0 Å². The van der Waals surface area contributed by atoms with Crippen LogP contribution in [-0.2, 0) is 20.7 Å². The molecule has 0 bridgehead atoms. The van der Waals surface area contributed by atoms with E-state index in [-0.39, 0.29) is 12.3 Å². The van der Waals surface area contributed by atoms with Crippen LogP contribution in [0.2, 0.25) is 0 Å². The highest BCUT2D eigenvalue weighted by molar-refractivity contribution is 5.85. The van der Waals surface area contributed by atoms with E-state index in [0.29, 0.717) is 11.5 Å². The van der Waals surface area contributed by atoms with Gasteiger partial charge in [0.15, 0.2) is 0 Å². The first-order valence-corrected chi connectivity index (χ1v) is 6.54. The van der Waals surface area contributed by atoms with E-state index in [1.807, 2.05) is 0 Å². The summed E-state index contributed by atoms with van der Waals surface area (Å²) in [7, 11) is 0. The Balaban J connectivity index is 2.56. The zero-order chi connectivity index (χ0) is 15.5. The van der Waals surface area contributed by atoms with Gasteiger partial charge in [-0.25, -0.2) is 4.79 Å². The average molecular weight is 282 g/mol. The van der Waals surface area contributed by atoms with Crippen molar-refractivity contribution in [3.63, 3.8) is 0 Å². The van der Waals surface area contributed by atoms with Crippen LogP contribution in [0.25, 0.3) is 0 Å². The van der Waals surface area contributed by atoms with Crippen LogP contribution in [-0.4, -0.2) is 28.7 Å². The lowest BCUT2D eigenvalue weighted by Crippen LogP contribution is -2.42. The second kappa shape index (κ2) is 6.07. The van der Waals surface area contributed by atoms with Gasteiger partial charge in [0.05, 0.1) is 12.1 Å². The topological polar surface area (TPSA) is 81.4 Å². The molecular weight excluding hydrogens is 260 g/mol. The molecule has 0 aliphatic heterocycles. The molecule has 0 spiro atoms. The van der Waals surface area contributed by atoms with Gasteiger partial charge in [0, 0.05) is 5.56 Å². The summed E-state index contributed by atoms with van der Waals surface area (Å²) in [5, 5.41) is 6.40. The van der Waals surface area contributed by atoms with Crippen molar-refractivity contribution in [3.8, 4) is 0 Å². The third kappa shape index (κ3) is 4.68. The maximum Gasteiger partial charge on any atom is 0.328 e. The molecule has 1 aromatic heterocycles. The molecular formula is C14H22N2O4. The minimum absolute atomic E-state index is 0.133. The Morgan fingerprint density at radius 1 is 1.35 bits per heavy atom. The molecule has 0 aliphatic carbocycles. The third-order valence-corrected chi connectivity index (χ3v) is 2.66. The van der Waals surface area contributed by atoms with Gasteiger partial charge in [-0.3, -0.25) is 4.79 Å². The molecule has 0 radical (unpaired) electrons. The Hall–Kier alpha value is -1.85. The van der Waals surface area contributed by atoms with Crippen LogP contribution in [0.1, 0.15) is 44.7 Å². The van der Waals surface area contributed by atoms with Crippen LogP contribution < -0.4 is 5.32 Å². The summed E-state index contributed by atoms with van der Waals surface area (Å²) in [5.41, 5.74) is 0.860. The number of aryl methyl sites for hydroxylation is 2. The van der Waals surface area contributed by atoms with E-state index < -0.39 is 17.6 Å². The van der Waals surface area contributed by atoms with Crippen LogP contribution in [0.15, 0.2) is 4.52 Å². The Morgan fingerprint density at radius 2 is 1.95 bits per heavy atom. The van der Waals surface area contributed by atoms with Gasteiger partial charge in [-0.1, -0.05) is 5.16 Å². The van der Waals surface area contributed by atoms with Gasteiger partial charge < -0.3 is 14.6 Å². The molecule has 1 heterocycles. The molecule has 112 valence electrons. The normalized spacial score (nSPS) is 12.9. The van der Waals surface area contributed by atoms with Gasteiger partial charge in [0.1, 0.15) is 17.4 Å². The number of nitrogens with zero attached hydrogens (tertiary/aromatic N) is 1. The zero-order valence-electron chi connectivity index (χ0n) is 12.9. The van der Waals surface area contributed by atoms with Crippen LogP contribution in [0.5, 0.6) is 0 Å². The van der Waals surface area contributed by atoms with Crippen molar-refractivity contribution in [2.45, 2.75) is 59.6 Å². The molecule has 0 fully saturated rings. The highest BCUT2D eigenvalue weighted by Gasteiger charge is 2.23. The van der Waals surface area contributed by atoms with Gasteiger partial charge in [0.2, 0.25) is 5.91 Å². The van der Waals surface area contributed by atoms with Crippen molar-refractivity contribution >= 4 is 11.9 Å². The molecule has 0 saturated heterocycles. The predicted octanol–water partition coefficient (Wildman–Crippen LogP) is 1.68. The Kier molecular flexibility index (Phi) is 4.92. The number of rotatable bonds is 4. The average Bonchev–Trinajstić information content (AvgIpc) is 2.58. The molecule has 1 N–H and O–H groups in total. The number of ether oxygens (including phenoxy) is 1. The summed E-state index contributed by atoms with van der Waals surface area (Å²) in [6, 6.07) is -0.692. The molecule has 1 rings (SSSR count). The van der Waals surface area contributed by atoms with Crippen LogP contribution in [0, 0.1) is 13.8 Å². The molecule has 6 heteroatoms. The Labute approximate surface area is 118 Å². The summed E-state index contributed by atoms with van der Waals surface area (Å²) in [5.74, 6) is -0.107. The van der Waals surface area contributed by atoms with E-state index in [1.54, 1.807) is 41.5 Å². The van der Waals surface area contributed by atoms with E-state index in [1.165, 1.54) is 0 Å². The van der Waals surface area contributed by atoms with Gasteiger partial charge in [0.25, 0.3) is 0 Å². The molecule has 1 amide bonds. The first-order valence-electron chi connectivity index (χ1n) is 6.54. The van der Waals surface area contributed by atoms with Crippen molar-refractivity contribution < 1.29 is 18.8 Å². The van der Waals surface area contributed by atoms with Gasteiger partial charge in [-0.05, 0) is 41.5 Å². The lowest BCUT2D eigenvalue weighted by Gasteiger charge is -2.22. The number of carbonyl (C=O) groups excluding carboxylic acids is 2. The summed E-state index contributed by atoms with van der Waals surface area (Å²) in [6.07, 6.45) is 0.133. The largest absolute Gasteiger partial charge is 0.458 e. The van der Waals surface area contributed by atoms with E-state index in [4.69, 9.17) is 9.26 Å². The minimum atomic E-state index is -0.692. The quantitative estimate of drug-likeness (QED) is 0.850. The third-order valence-electron chi connectivity index (χ3n) is 2.66. The van der Waals surface area contributed by atoms with Gasteiger partial charge in [-0.2, -0.15) is 0 Å². The summed E-state index contributed by atoms with van der Waals surface area (Å²) in [4.78, 5) is 23.7. The smallest absolute Gasteiger partial charge is 0.328 e. The van der Waals surface area contributed by atoms with Gasteiger partial charge >= 0.3 is 5.97 Å². The molecule has 0 saturated carbocycles. The molecule has 0 unspecified atom stereocenters. The number of hydrogen-bond donors (Lipinski definition) is 1. The highest BCUT2D eigenvalue weighted by Crippen LogP contribution is 2.13. The van der Waals surface area contributed by atoms with Crippen LogP contribution >= 0.6 is 0 Å². The molecule has 1 atom stereocenters. The fourth-order valence-electron chi connectivity index (χ4n) is 1.66. The lowest BCUT2D eigenvalue weighted by atomic mass is 10.1. The number of aromatic nitrogens is 1. The van der Waals surface area contributed by atoms with E-state index in [9.17, 15) is 9.59 Å². The number of amides is 1. The van der Waals surface area contributed by atoms with Gasteiger partial charge in [-0.15, -0.1) is 0 Å². The molecule has 1 aromatic rings. The van der Waals surface area contributed by atoms with Crippen LogP contribution in [0.3, 0.4) is 0 Å². The van der Waals surface area contributed by atoms with Crippen molar-refractivity contribution in [1.82, 2.24) is 10.5 Å². The second-order valence-corrected chi connectivity index (χ2v) is 5.80. The standard InChI is InChI=1S/C14H22N2O4/c1-8-11(10(3)20-16-8)7-12(17)15-9(2)13(18)19-14(4,5)6/h9H,7H2,1-6H3,(H,15,17)/t9-/m1/s1. The van der Waals surface area contributed by atoms with Crippen molar-refractivity contribution in [2.24, 2.45) is 0 Å². The highest BCUT2D eigenvalue weighted by atomic mass is 16.6. The lowest BCUT2D eigenvalue weighted by molar-refractivity contribution is -0.158. The van der Waals surface area contributed by atoms with Crippen molar-refractivity contribution in [2.75, 3.05) is 0 Å². The molecule has 6 nitrogen and oxygen atoms in total. The zero-order valence-corrected chi connectivity index (χ0v) is 12.9. The summed E-state index contributed by atoms with van der Waals surface area (Å²) < 4.78 is 10.2. The second-order valence-electron chi connectivity index (χ2n) is 5.80. The SMILES string of the molecule is Cc1noc(C)c1CC(=O)N[C@H](C)C(=O)OC(C)(C)C. The minimum Gasteiger partial charge on any atom is -0.458 e. The maximum absolute atomic E-state index is 11.9. The molecule has 0 aromatic carbocycles. The maximum atomic E-state index is 11.9. The molecule has 0 aliphatic rings. The van der Waals surface area contributed by atoms with E-state index in [0.717, 1.165) is 5.56 Å². The summed E-state index contributed by atoms with van der Waals surface area (Å²) in [6.45, 7) is 10.5. The number of esters is 1. The first kappa shape index (κ1) is 16.2. The fourth-order valence-corrected chi connectivity index (χ4v) is 1.66. The predicted molar refractivity (Wildman–Crippen MR) is 73.1 cm³/mol. The number of carbonyl (C=O) groups is 2. The monoisotopic (exact) mass is 282 g/mol. The van der Waals surface area contributed by atoms with E-state index in [2.05, 4.69) is 10.5 Å². The molecule has 20 heavy (non-hydrogen) atoms.